The highest BCUT2D eigenvalue weighted by atomic mass is 35.5. The van der Waals surface area contributed by atoms with Crippen molar-refractivity contribution in [3.8, 4) is 0 Å². The second kappa shape index (κ2) is 8.04. The van der Waals surface area contributed by atoms with E-state index in [1.165, 1.54) is 0 Å². The van der Waals surface area contributed by atoms with Gasteiger partial charge in [0, 0.05) is 0 Å². The van der Waals surface area contributed by atoms with Crippen molar-refractivity contribution in [3.63, 3.8) is 0 Å². The van der Waals surface area contributed by atoms with E-state index in [4.69, 9.17) is 21.8 Å². The lowest BCUT2D eigenvalue weighted by atomic mass is 10.2. The van der Waals surface area contributed by atoms with E-state index < -0.39 is 0 Å². The summed E-state index contributed by atoms with van der Waals surface area (Å²) >= 11 is 5.04. The van der Waals surface area contributed by atoms with Gasteiger partial charge in [0.15, 0.2) is 0 Å². The van der Waals surface area contributed by atoms with Crippen LogP contribution in [-0.4, -0.2) is 11.6 Å². The van der Waals surface area contributed by atoms with E-state index >= 15 is 0 Å². The summed E-state index contributed by atoms with van der Waals surface area (Å²) in [5, 5.41) is 6.89. The number of hydrogen-bond donors (Lipinski definition) is 1. The van der Waals surface area contributed by atoms with Gasteiger partial charge in [0.2, 0.25) is 0 Å². The highest BCUT2D eigenvalue weighted by molar-refractivity contribution is 6.07. The van der Waals surface area contributed by atoms with Gasteiger partial charge in [-0.1, -0.05) is 30.3 Å². The zero-order valence-corrected chi connectivity index (χ0v) is 7.07. The smallest absolute Gasteiger partial charge is 0.290 e. The van der Waals surface area contributed by atoms with Gasteiger partial charge in [-0.05, 0) is 5.56 Å². The first kappa shape index (κ1) is 10.9. The normalized spacial score (nSPS) is 8.08. The van der Waals surface area contributed by atoms with E-state index in [9.17, 15) is 0 Å². The molecule has 1 N–H and O–H groups in total. The lowest BCUT2D eigenvalue weighted by Gasteiger charge is -1.92. The van der Waals surface area contributed by atoms with Crippen LogP contribution < -0.4 is 0 Å². The molecule has 0 atom stereocenters. The molecule has 0 spiro atoms. The second-order valence-corrected chi connectivity index (χ2v) is 2.06. The summed E-state index contributed by atoms with van der Waals surface area (Å²) in [4.78, 5) is 8.36. The van der Waals surface area contributed by atoms with Crippen molar-refractivity contribution in [1.29, 1.82) is 0 Å². The number of carboxylic acid groups (broad SMARTS) is 1. The van der Waals surface area contributed by atoms with Gasteiger partial charge >= 0.3 is 0 Å². The van der Waals surface area contributed by atoms with Gasteiger partial charge in [0.25, 0.3) is 6.47 Å². The van der Waals surface area contributed by atoms with Crippen molar-refractivity contribution in [2.45, 2.75) is 6.61 Å². The minimum Gasteiger partial charge on any atom is -0.483 e. The summed E-state index contributed by atoms with van der Waals surface area (Å²) in [6.45, 7) is 0.225. The average molecular weight is 189 g/mol. The number of carbonyl (C=O) groups is 1. The Morgan fingerprint density at radius 1 is 1.42 bits per heavy atom. The van der Waals surface area contributed by atoms with Gasteiger partial charge in [0.1, 0.15) is 0 Å². The first-order valence-corrected chi connectivity index (χ1v) is 3.51. The van der Waals surface area contributed by atoms with Gasteiger partial charge in [-0.2, -0.15) is 0 Å². The molecule has 1 rings (SSSR count). The molecule has 4 heteroatoms. The Kier molecular flexibility index (Phi) is 7.33. The number of hydrogen-bond acceptors (Lipinski definition) is 2. The Hall–Kier alpha value is -1.06. The third kappa shape index (κ3) is 5.70. The third-order valence-corrected chi connectivity index (χ3v) is 1.17. The summed E-state index contributed by atoms with van der Waals surface area (Å²) in [5.41, 5.74) is 1.09. The molecule has 0 amide bonds. The van der Waals surface area contributed by atoms with E-state index in [0.29, 0.717) is 6.61 Å². The summed E-state index contributed by atoms with van der Waals surface area (Å²) < 4.78 is 4.40. The minimum absolute atomic E-state index is 0.250. The topological polar surface area (TPSA) is 46.5 Å². The van der Waals surface area contributed by atoms with Crippen LogP contribution in [0.15, 0.2) is 30.3 Å². The van der Waals surface area contributed by atoms with Crippen LogP contribution in [0.3, 0.4) is 0 Å². The molecule has 0 saturated carbocycles. The van der Waals surface area contributed by atoms with Crippen LogP contribution in [0.5, 0.6) is 0 Å². The molecule has 0 bridgehead atoms. The van der Waals surface area contributed by atoms with Gasteiger partial charge in [-0.25, -0.2) is 0 Å². The quantitative estimate of drug-likeness (QED) is 0.723. The Morgan fingerprint density at radius 3 is 2.33 bits per heavy atom. The van der Waals surface area contributed by atoms with Crippen LogP contribution in [0.4, 0.5) is 0 Å². The molecule has 12 heavy (non-hydrogen) atoms. The highest BCUT2D eigenvalue weighted by Gasteiger charge is 1.86. The zero-order chi connectivity index (χ0) is 9.23. The highest BCUT2D eigenvalue weighted by Crippen LogP contribution is 2.00. The average Bonchev–Trinajstić information content (AvgIpc) is 2.08. The van der Waals surface area contributed by atoms with Crippen molar-refractivity contribution in [1.82, 2.24) is 0 Å². The maximum absolute atomic E-state index is 8.36. The molecule has 0 fully saturated rings. The van der Waals surface area contributed by atoms with Crippen LogP contribution in [0, 0.1) is 0 Å². The van der Waals surface area contributed by atoms with E-state index in [1.54, 1.807) is 0 Å². The maximum Gasteiger partial charge on any atom is 0.290 e. The Balaban J connectivity index is 0.000000354. The molecule has 0 aliphatic heterocycles. The molecule has 66 valence electrons. The van der Waals surface area contributed by atoms with Crippen molar-refractivity contribution < 1.29 is 14.2 Å². The molecule has 3 nitrogen and oxygen atoms in total. The standard InChI is InChI=1S/C7H7ClO.CH2O2/c8-9-6-7-4-2-1-3-5-7;2-1-3/h1-5H,6H2;1H,(H,2,3). The van der Waals surface area contributed by atoms with Crippen molar-refractivity contribution in [3.05, 3.63) is 35.9 Å². The van der Waals surface area contributed by atoms with Crippen LogP contribution >= 0.6 is 11.9 Å². The molecule has 0 heterocycles. The molecule has 0 unspecified atom stereocenters. The first-order chi connectivity index (χ1) is 5.85. The number of halogens is 1. The Morgan fingerprint density at radius 2 is 1.92 bits per heavy atom. The second-order valence-electron chi connectivity index (χ2n) is 1.84. The molecule has 0 aliphatic rings. The van der Waals surface area contributed by atoms with Gasteiger partial charge in [-0.3, -0.25) is 9.08 Å². The van der Waals surface area contributed by atoms with Gasteiger partial charge < -0.3 is 5.11 Å². The van der Waals surface area contributed by atoms with Crippen molar-refractivity contribution in [2.24, 2.45) is 0 Å². The monoisotopic (exact) mass is 188 g/mol. The fraction of sp³-hybridized carbons (Fsp3) is 0.125. The largest absolute Gasteiger partial charge is 0.483 e. The van der Waals surface area contributed by atoms with Crippen LogP contribution in [0.1, 0.15) is 5.56 Å². The molecule has 1 aromatic rings. The molecular weight excluding hydrogens is 180 g/mol. The SMILES string of the molecule is ClOCc1ccccc1.O=CO. The predicted octanol–water partition coefficient (Wildman–Crippen LogP) is 2.06. The third-order valence-electron chi connectivity index (χ3n) is 1.06. The fourth-order valence-electron chi connectivity index (χ4n) is 0.637. The molecule has 0 radical (unpaired) electrons. The number of rotatable bonds is 2. The lowest BCUT2D eigenvalue weighted by molar-refractivity contribution is -0.122. The zero-order valence-electron chi connectivity index (χ0n) is 6.31. The molecule has 0 saturated heterocycles. The van der Waals surface area contributed by atoms with Gasteiger partial charge in [0.05, 0.1) is 18.5 Å². The van der Waals surface area contributed by atoms with Crippen LogP contribution in [-0.2, 0) is 15.7 Å². The Labute approximate surface area is 75.7 Å². The summed E-state index contributed by atoms with van der Waals surface area (Å²) in [6.07, 6.45) is 0. The van der Waals surface area contributed by atoms with E-state index in [2.05, 4.69) is 4.29 Å². The lowest BCUT2D eigenvalue weighted by Crippen LogP contribution is -1.80. The van der Waals surface area contributed by atoms with Crippen molar-refractivity contribution >= 4 is 18.3 Å². The molecular formula is C8H9ClO3. The van der Waals surface area contributed by atoms with E-state index in [-0.39, 0.29) is 6.47 Å². The summed E-state index contributed by atoms with van der Waals surface area (Å²) in [5.74, 6) is 0. The number of benzene rings is 1. The minimum atomic E-state index is -0.250. The van der Waals surface area contributed by atoms with E-state index in [1.807, 2.05) is 30.3 Å². The molecule has 1 aromatic carbocycles. The van der Waals surface area contributed by atoms with Crippen molar-refractivity contribution in [2.75, 3.05) is 0 Å². The van der Waals surface area contributed by atoms with Crippen LogP contribution in [0.2, 0.25) is 0 Å². The molecule has 0 aromatic heterocycles. The summed E-state index contributed by atoms with van der Waals surface area (Å²) in [6, 6.07) is 9.78. The van der Waals surface area contributed by atoms with Gasteiger partial charge in [-0.15, -0.1) is 0 Å². The Bertz CT molecular complexity index is 201. The first-order valence-electron chi connectivity index (χ1n) is 3.20. The van der Waals surface area contributed by atoms with E-state index in [0.717, 1.165) is 5.56 Å². The predicted molar refractivity (Wildman–Crippen MR) is 45.8 cm³/mol. The maximum atomic E-state index is 8.36. The molecule has 0 aliphatic carbocycles. The fourth-order valence-corrected chi connectivity index (χ4v) is 0.763. The summed E-state index contributed by atoms with van der Waals surface area (Å²) in [7, 11) is 0. The van der Waals surface area contributed by atoms with Crippen LogP contribution in [0.25, 0.3) is 0 Å².